The SMILES string of the molecule is COCCNCc1cnn(CC2CCC(C)(C)O2)c1C. The monoisotopic (exact) mass is 281 g/mol. The summed E-state index contributed by atoms with van der Waals surface area (Å²) in [6.45, 7) is 9.74. The zero-order valence-electron chi connectivity index (χ0n) is 13.1. The van der Waals surface area contributed by atoms with E-state index in [1.165, 1.54) is 11.3 Å². The van der Waals surface area contributed by atoms with Gasteiger partial charge in [0.05, 0.1) is 31.1 Å². The van der Waals surface area contributed by atoms with Crippen molar-refractivity contribution in [3.8, 4) is 0 Å². The van der Waals surface area contributed by atoms with Crippen LogP contribution in [0.3, 0.4) is 0 Å². The van der Waals surface area contributed by atoms with Gasteiger partial charge in [-0.3, -0.25) is 4.68 Å². The van der Waals surface area contributed by atoms with Gasteiger partial charge in [0.1, 0.15) is 0 Å². The van der Waals surface area contributed by atoms with Gasteiger partial charge in [-0.2, -0.15) is 5.10 Å². The summed E-state index contributed by atoms with van der Waals surface area (Å²) in [4.78, 5) is 0. The average molecular weight is 281 g/mol. The van der Waals surface area contributed by atoms with E-state index in [1.54, 1.807) is 7.11 Å². The molecule has 0 saturated carbocycles. The molecule has 20 heavy (non-hydrogen) atoms. The minimum absolute atomic E-state index is 0.0241. The van der Waals surface area contributed by atoms with Crippen molar-refractivity contribution < 1.29 is 9.47 Å². The molecule has 1 aromatic heterocycles. The van der Waals surface area contributed by atoms with Crippen molar-refractivity contribution in [2.24, 2.45) is 0 Å². The second-order valence-corrected chi connectivity index (χ2v) is 6.15. The molecule has 114 valence electrons. The third-order valence-electron chi connectivity index (χ3n) is 3.93. The third-order valence-corrected chi connectivity index (χ3v) is 3.93. The Morgan fingerprint density at radius 1 is 1.55 bits per heavy atom. The summed E-state index contributed by atoms with van der Waals surface area (Å²) < 4.78 is 13.1. The normalized spacial score (nSPS) is 21.5. The van der Waals surface area contributed by atoms with Gasteiger partial charge in [0.25, 0.3) is 0 Å². The van der Waals surface area contributed by atoms with E-state index in [0.29, 0.717) is 0 Å². The number of methoxy groups -OCH3 is 1. The first-order chi connectivity index (χ1) is 9.52. The minimum atomic E-state index is 0.0241. The van der Waals surface area contributed by atoms with E-state index in [9.17, 15) is 0 Å². The molecule has 0 spiro atoms. The molecule has 0 aromatic carbocycles. The quantitative estimate of drug-likeness (QED) is 0.775. The van der Waals surface area contributed by atoms with Crippen LogP contribution in [0.25, 0.3) is 0 Å². The van der Waals surface area contributed by atoms with Gasteiger partial charge in [-0.25, -0.2) is 0 Å². The van der Waals surface area contributed by atoms with E-state index < -0.39 is 0 Å². The Bertz CT molecular complexity index is 429. The standard InChI is InChI=1S/C15H27N3O2/c1-12-13(9-16-7-8-19-4)10-17-18(12)11-14-5-6-15(2,3)20-14/h10,14,16H,5-9,11H2,1-4H3. The number of nitrogens with zero attached hydrogens (tertiary/aromatic N) is 2. The summed E-state index contributed by atoms with van der Waals surface area (Å²) in [5.74, 6) is 0. The van der Waals surface area contributed by atoms with Gasteiger partial charge in [-0.15, -0.1) is 0 Å². The molecular weight excluding hydrogens is 254 g/mol. The summed E-state index contributed by atoms with van der Waals surface area (Å²) in [6, 6.07) is 0. The average Bonchev–Trinajstić information content (AvgIpc) is 2.91. The summed E-state index contributed by atoms with van der Waals surface area (Å²) >= 11 is 0. The van der Waals surface area contributed by atoms with Gasteiger partial charge in [-0.1, -0.05) is 0 Å². The maximum atomic E-state index is 6.04. The molecule has 5 nitrogen and oxygen atoms in total. The molecule has 5 heteroatoms. The second kappa shape index (κ2) is 6.70. The summed E-state index contributed by atoms with van der Waals surface area (Å²) in [6.07, 6.45) is 4.49. The lowest BCUT2D eigenvalue weighted by molar-refractivity contribution is -0.0232. The fourth-order valence-corrected chi connectivity index (χ4v) is 2.64. The Labute approximate surface area is 121 Å². The first-order valence-electron chi connectivity index (χ1n) is 7.40. The van der Waals surface area contributed by atoms with Crippen LogP contribution in [0.2, 0.25) is 0 Å². The second-order valence-electron chi connectivity index (χ2n) is 6.15. The van der Waals surface area contributed by atoms with Gasteiger partial charge in [0, 0.05) is 31.5 Å². The lowest BCUT2D eigenvalue weighted by atomic mass is 10.1. The van der Waals surface area contributed by atoms with E-state index in [1.807, 2.05) is 6.20 Å². The number of hydrogen-bond donors (Lipinski definition) is 1. The van der Waals surface area contributed by atoms with Crippen LogP contribution in [0.5, 0.6) is 0 Å². The number of rotatable bonds is 7. The Balaban J connectivity index is 1.85. The fraction of sp³-hybridized carbons (Fsp3) is 0.800. The van der Waals surface area contributed by atoms with Crippen molar-refractivity contribution in [3.05, 3.63) is 17.5 Å². The number of ether oxygens (including phenoxy) is 2. The first-order valence-corrected chi connectivity index (χ1v) is 7.40. The maximum Gasteiger partial charge on any atom is 0.0779 e. The predicted octanol–water partition coefficient (Wildman–Crippen LogP) is 1.89. The molecule has 1 N–H and O–H groups in total. The molecule has 1 aliphatic rings. The third kappa shape index (κ3) is 4.04. The molecule has 0 radical (unpaired) electrons. The molecule has 0 amide bonds. The molecule has 2 heterocycles. The van der Waals surface area contributed by atoms with Crippen LogP contribution in [0.4, 0.5) is 0 Å². The van der Waals surface area contributed by atoms with Gasteiger partial charge in [-0.05, 0) is 33.6 Å². The van der Waals surface area contributed by atoms with Gasteiger partial charge in [0.15, 0.2) is 0 Å². The smallest absolute Gasteiger partial charge is 0.0779 e. The molecular formula is C15H27N3O2. The van der Waals surface area contributed by atoms with Crippen LogP contribution < -0.4 is 5.32 Å². The van der Waals surface area contributed by atoms with Crippen molar-refractivity contribution in [2.45, 2.75) is 58.4 Å². The van der Waals surface area contributed by atoms with E-state index in [2.05, 4.69) is 35.9 Å². The van der Waals surface area contributed by atoms with E-state index >= 15 is 0 Å². The fourth-order valence-electron chi connectivity index (χ4n) is 2.64. The van der Waals surface area contributed by atoms with Gasteiger partial charge in [0.2, 0.25) is 0 Å². The van der Waals surface area contributed by atoms with Crippen molar-refractivity contribution in [1.29, 1.82) is 0 Å². The van der Waals surface area contributed by atoms with Crippen LogP contribution in [0.1, 0.15) is 37.9 Å². The molecule has 2 rings (SSSR count). The van der Waals surface area contributed by atoms with Crippen molar-refractivity contribution in [2.75, 3.05) is 20.3 Å². The van der Waals surface area contributed by atoms with Crippen LogP contribution in [-0.2, 0) is 22.6 Å². The van der Waals surface area contributed by atoms with Gasteiger partial charge < -0.3 is 14.8 Å². The Morgan fingerprint density at radius 3 is 3.00 bits per heavy atom. The Hall–Kier alpha value is -0.910. The van der Waals surface area contributed by atoms with E-state index in [-0.39, 0.29) is 11.7 Å². The largest absolute Gasteiger partial charge is 0.383 e. The Kier molecular flexibility index (Phi) is 5.18. The molecule has 1 unspecified atom stereocenters. The molecule has 1 aromatic rings. The minimum Gasteiger partial charge on any atom is -0.383 e. The number of aromatic nitrogens is 2. The summed E-state index contributed by atoms with van der Waals surface area (Å²) in [7, 11) is 1.72. The zero-order valence-corrected chi connectivity index (χ0v) is 13.1. The molecule has 0 aliphatic carbocycles. The molecule has 1 aliphatic heterocycles. The molecule has 1 atom stereocenters. The summed E-state index contributed by atoms with van der Waals surface area (Å²) in [5.41, 5.74) is 2.50. The Morgan fingerprint density at radius 2 is 2.35 bits per heavy atom. The van der Waals surface area contributed by atoms with Crippen molar-refractivity contribution in [3.63, 3.8) is 0 Å². The van der Waals surface area contributed by atoms with Crippen LogP contribution in [0.15, 0.2) is 6.20 Å². The highest BCUT2D eigenvalue weighted by molar-refractivity contribution is 5.15. The zero-order chi connectivity index (χ0) is 14.6. The van der Waals surface area contributed by atoms with Crippen molar-refractivity contribution >= 4 is 0 Å². The van der Waals surface area contributed by atoms with E-state index in [4.69, 9.17) is 9.47 Å². The highest BCUT2D eigenvalue weighted by Gasteiger charge is 2.32. The lowest BCUT2D eigenvalue weighted by Crippen LogP contribution is -2.24. The van der Waals surface area contributed by atoms with Crippen molar-refractivity contribution in [1.82, 2.24) is 15.1 Å². The van der Waals surface area contributed by atoms with Crippen LogP contribution in [-0.4, -0.2) is 41.7 Å². The first kappa shape index (κ1) is 15.5. The molecule has 1 saturated heterocycles. The topological polar surface area (TPSA) is 48.3 Å². The lowest BCUT2D eigenvalue weighted by Gasteiger charge is -2.19. The number of nitrogens with one attached hydrogen (secondary N) is 1. The molecule has 1 fully saturated rings. The van der Waals surface area contributed by atoms with Crippen LogP contribution in [0, 0.1) is 6.92 Å². The number of hydrogen-bond acceptors (Lipinski definition) is 4. The van der Waals surface area contributed by atoms with Gasteiger partial charge >= 0.3 is 0 Å². The van der Waals surface area contributed by atoms with E-state index in [0.717, 1.165) is 39.1 Å². The maximum absolute atomic E-state index is 6.04. The highest BCUT2D eigenvalue weighted by atomic mass is 16.5. The summed E-state index contributed by atoms with van der Waals surface area (Å²) in [5, 5.41) is 7.85. The van der Waals surface area contributed by atoms with Crippen LogP contribution >= 0.6 is 0 Å². The molecule has 0 bridgehead atoms. The predicted molar refractivity (Wildman–Crippen MR) is 78.7 cm³/mol. The highest BCUT2D eigenvalue weighted by Crippen LogP contribution is 2.30.